The van der Waals surface area contributed by atoms with Crippen molar-refractivity contribution in [2.75, 3.05) is 12.3 Å². The summed E-state index contributed by atoms with van der Waals surface area (Å²) in [4.78, 5) is 17.3. The number of nitrogen functional groups attached to an aromatic ring is 1. The van der Waals surface area contributed by atoms with Crippen molar-refractivity contribution in [1.29, 1.82) is 0 Å². The van der Waals surface area contributed by atoms with Gasteiger partial charge < -0.3 is 15.7 Å². The molecule has 0 aromatic carbocycles. The molecule has 1 heterocycles. The van der Waals surface area contributed by atoms with Gasteiger partial charge in [-0.1, -0.05) is 20.8 Å². The first-order valence-electron chi connectivity index (χ1n) is 8.07. The van der Waals surface area contributed by atoms with Crippen molar-refractivity contribution in [2.24, 2.45) is 11.8 Å². The molecule has 1 aromatic rings. The second-order valence-corrected chi connectivity index (χ2v) is 7.00. The van der Waals surface area contributed by atoms with Gasteiger partial charge in [-0.15, -0.1) is 0 Å². The Labute approximate surface area is 132 Å². The maximum absolute atomic E-state index is 11.6. The van der Waals surface area contributed by atoms with Crippen LogP contribution in [0.4, 0.5) is 10.5 Å². The monoisotopic (exact) mass is 305 g/mol. The van der Waals surface area contributed by atoms with Crippen LogP contribution in [0, 0.1) is 11.8 Å². The quantitative estimate of drug-likeness (QED) is 0.891. The average molecular weight is 305 g/mol. The van der Waals surface area contributed by atoms with Gasteiger partial charge >= 0.3 is 6.09 Å². The average Bonchev–Trinajstić information content (AvgIpc) is 2.44. The molecule has 0 aliphatic heterocycles. The summed E-state index contributed by atoms with van der Waals surface area (Å²) in [6.07, 6.45) is 5.47. The van der Waals surface area contributed by atoms with Crippen molar-refractivity contribution in [2.45, 2.75) is 52.0 Å². The highest BCUT2D eigenvalue weighted by Crippen LogP contribution is 2.40. The smallest absolute Gasteiger partial charge is 0.407 e. The highest BCUT2D eigenvalue weighted by atomic mass is 16.4. The third-order valence-electron chi connectivity index (χ3n) is 4.49. The number of carbonyl (C=O) groups is 1. The molecular formula is C17H27N3O2. The fraction of sp³-hybridized carbons (Fsp3) is 0.647. The van der Waals surface area contributed by atoms with Crippen molar-refractivity contribution < 1.29 is 9.90 Å². The second-order valence-electron chi connectivity index (χ2n) is 7.00. The number of amides is 1. The normalized spacial score (nSPS) is 25.2. The molecule has 1 saturated carbocycles. The highest BCUT2D eigenvalue weighted by molar-refractivity contribution is 5.65. The molecule has 5 nitrogen and oxygen atoms in total. The molecule has 1 aromatic heterocycles. The van der Waals surface area contributed by atoms with Gasteiger partial charge in [-0.25, -0.2) is 4.79 Å². The fourth-order valence-electron chi connectivity index (χ4n) is 3.64. The molecule has 5 heteroatoms. The Morgan fingerprint density at radius 3 is 2.77 bits per heavy atom. The zero-order chi connectivity index (χ0) is 16.3. The Hall–Kier alpha value is -1.78. The van der Waals surface area contributed by atoms with Crippen LogP contribution in [0.15, 0.2) is 18.5 Å². The molecule has 1 amide bonds. The van der Waals surface area contributed by atoms with E-state index >= 15 is 0 Å². The van der Waals surface area contributed by atoms with Gasteiger partial charge in [-0.2, -0.15) is 0 Å². The van der Waals surface area contributed by atoms with Crippen LogP contribution in [-0.2, 0) is 0 Å². The summed E-state index contributed by atoms with van der Waals surface area (Å²) in [6, 6.07) is 2.05. The molecule has 0 bridgehead atoms. The molecule has 3 N–H and O–H groups in total. The van der Waals surface area contributed by atoms with Crippen LogP contribution in [0.3, 0.4) is 0 Å². The van der Waals surface area contributed by atoms with E-state index < -0.39 is 6.09 Å². The van der Waals surface area contributed by atoms with Crippen molar-refractivity contribution >= 4 is 11.8 Å². The topological polar surface area (TPSA) is 79.5 Å². The van der Waals surface area contributed by atoms with E-state index in [0.29, 0.717) is 30.0 Å². The maximum Gasteiger partial charge on any atom is 0.407 e. The largest absolute Gasteiger partial charge is 0.465 e. The van der Waals surface area contributed by atoms with E-state index in [0.717, 1.165) is 24.8 Å². The standard InChI is InChI=1S/C17H27N3O2/c1-11(2)10-20(17(21)22)14-7-12(3)6-13(8-14)15-4-5-19-9-16(15)18/h4-5,9,11-14H,6-8,10,18H2,1-3H3,(H,21,22)/t12-,13+,14+/m1/s1. The van der Waals surface area contributed by atoms with Crippen LogP contribution >= 0.6 is 0 Å². The summed E-state index contributed by atoms with van der Waals surface area (Å²) in [5.74, 6) is 1.13. The van der Waals surface area contributed by atoms with E-state index in [4.69, 9.17) is 5.73 Å². The van der Waals surface area contributed by atoms with Crippen LogP contribution in [-0.4, -0.2) is 33.7 Å². The van der Waals surface area contributed by atoms with Crippen molar-refractivity contribution in [1.82, 2.24) is 9.88 Å². The Kier molecular flexibility index (Phi) is 5.27. The number of pyridine rings is 1. The first-order valence-corrected chi connectivity index (χ1v) is 8.07. The van der Waals surface area contributed by atoms with E-state index in [1.54, 1.807) is 17.3 Å². The summed E-state index contributed by atoms with van der Waals surface area (Å²) >= 11 is 0. The summed E-state index contributed by atoms with van der Waals surface area (Å²) in [7, 11) is 0. The Morgan fingerprint density at radius 1 is 1.45 bits per heavy atom. The first kappa shape index (κ1) is 16.6. The summed E-state index contributed by atoms with van der Waals surface area (Å²) in [5.41, 5.74) is 7.89. The molecule has 0 spiro atoms. The third kappa shape index (κ3) is 3.90. The fourth-order valence-corrected chi connectivity index (χ4v) is 3.64. The minimum atomic E-state index is -0.811. The summed E-state index contributed by atoms with van der Waals surface area (Å²) in [5, 5.41) is 9.56. The molecule has 1 aliphatic carbocycles. The molecule has 22 heavy (non-hydrogen) atoms. The van der Waals surface area contributed by atoms with E-state index in [1.807, 2.05) is 6.07 Å². The molecule has 1 aliphatic rings. The van der Waals surface area contributed by atoms with Gasteiger partial charge in [-0.3, -0.25) is 4.98 Å². The van der Waals surface area contributed by atoms with Gasteiger partial charge in [0.05, 0.1) is 11.9 Å². The zero-order valence-corrected chi connectivity index (χ0v) is 13.7. The van der Waals surface area contributed by atoms with Crippen LogP contribution in [0.2, 0.25) is 0 Å². The van der Waals surface area contributed by atoms with Crippen molar-refractivity contribution in [3.8, 4) is 0 Å². The molecule has 0 unspecified atom stereocenters. The van der Waals surface area contributed by atoms with Crippen LogP contribution in [0.25, 0.3) is 0 Å². The van der Waals surface area contributed by atoms with Gasteiger partial charge in [0.15, 0.2) is 0 Å². The van der Waals surface area contributed by atoms with E-state index in [2.05, 4.69) is 25.8 Å². The number of hydrogen-bond donors (Lipinski definition) is 2. The lowest BCUT2D eigenvalue weighted by molar-refractivity contribution is 0.0901. The minimum absolute atomic E-state index is 0.0706. The minimum Gasteiger partial charge on any atom is -0.465 e. The number of nitrogens with two attached hydrogens (primary N) is 1. The van der Waals surface area contributed by atoms with Crippen LogP contribution in [0.1, 0.15) is 51.5 Å². The predicted octanol–water partition coefficient (Wildman–Crippen LogP) is 3.57. The van der Waals surface area contributed by atoms with Crippen molar-refractivity contribution in [3.05, 3.63) is 24.0 Å². The molecular weight excluding hydrogens is 278 g/mol. The lowest BCUT2D eigenvalue weighted by Gasteiger charge is -2.40. The SMILES string of the molecule is CC(C)CN(C(=O)O)[C@H]1C[C@H](C)C[C@H](c2ccncc2N)C1. The maximum atomic E-state index is 11.6. The van der Waals surface area contributed by atoms with Crippen LogP contribution < -0.4 is 5.73 Å². The van der Waals surface area contributed by atoms with Crippen molar-refractivity contribution in [3.63, 3.8) is 0 Å². The third-order valence-corrected chi connectivity index (χ3v) is 4.49. The van der Waals surface area contributed by atoms with E-state index in [9.17, 15) is 9.90 Å². The molecule has 0 saturated heterocycles. The molecule has 0 radical (unpaired) electrons. The van der Waals surface area contributed by atoms with Gasteiger partial charge in [-0.05, 0) is 48.6 Å². The van der Waals surface area contributed by atoms with Gasteiger partial charge in [0, 0.05) is 18.8 Å². The van der Waals surface area contributed by atoms with E-state index in [1.165, 1.54) is 0 Å². The number of hydrogen-bond acceptors (Lipinski definition) is 3. The second kappa shape index (κ2) is 6.99. The number of aromatic nitrogens is 1. The number of anilines is 1. The molecule has 3 atom stereocenters. The number of carboxylic acid groups (broad SMARTS) is 1. The van der Waals surface area contributed by atoms with E-state index in [-0.39, 0.29) is 6.04 Å². The zero-order valence-electron chi connectivity index (χ0n) is 13.7. The molecule has 2 rings (SSSR count). The number of nitrogens with zero attached hydrogens (tertiary/aromatic N) is 2. The van der Waals surface area contributed by atoms with Gasteiger partial charge in [0.25, 0.3) is 0 Å². The molecule has 122 valence electrons. The first-order chi connectivity index (χ1) is 10.4. The highest BCUT2D eigenvalue weighted by Gasteiger charge is 2.34. The van der Waals surface area contributed by atoms with Gasteiger partial charge in [0.2, 0.25) is 0 Å². The Bertz CT molecular complexity index is 518. The lowest BCUT2D eigenvalue weighted by Crippen LogP contribution is -2.45. The summed E-state index contributed by atoms with van der Waals surface area (Å²) < 4.78 is 0. The van der Waals surface area contributed by atoms with Gasteiger partial charge in [0.1, 0.15) is 0 Å². The van der Waals surface area contributed by atoms with Crippen LogP contribution in [0.5, 0.6) is 0 Å². The molecule has 1 fully saturated rings. The Balaban J connectivity index is 2.20. The number of rotatable bonds is 4. The lowest BCUT2D eigenvalue weighted by atomic mass is 9.75. The predicted molar refractivity (Wildman–Crippen MR) is 87.8 cm³/mol. The summed E-state index contributed by atoms with van der Waals surface area (Å²) in [6.45, 7) is 6.90. The Morgan fingerprint density at radius 2 is 2.18 bits per heavy atom.